The van der Waals surface area contributed by atoms with Crippen molar-refractivity contribution in [3.05, 3.63) is 70.3 Å². The van der Waals surface area contributed by atoms with Crippen LogP contribution in [0, 0.1) is 20.8 Å². The average molecular weight is 336 g/mol. The molecule has 3 rings (SSSR count). The Kier molecular flexibility index (Phi) is 4.88. The van der Waals surface area contributed by atoms with Crippen molar-refractivity contribution in [2.45, 2.75) is 20.8 Å². The van der Waals surface area contributed by atoms with Crippen molar-refractivity contribution in [1.29, 1.82) is 0 Å². The van der Waals surface area contributed by atoms with Gasteiger partial charge in [0.25, 0.3) is 11.8 Å². The van der Waals surface area contributed by atoms with Crippen LogP contribution in [0.3, 0.4) is 0 Å². The maximum Gasteiger partial charge on any atom is 0.253 e. The zero-order valence-electron chi connectivity index (χ0n) is 15.1. The molecule has 4 heteroatoms. The number of benzene rings is 2. The highest BCUT2D eigenvalue weighted by atomic mass is 16.2. The Bertz CT molecular complexity index is 805. The number of carbonyl (C=O) groups excluding carboxylic acids is 2. The molecular formula is C21H24N2O2. The number of aryl methyl sites for hydroxylation is 3. The largest absolute Gasteiger partial charge is 0.335 e. The van der Waals surface area contributed by atoms with Gasteiger partial charge in [-0.15, -0.1) is 0 Å². The van der Waals surface area contributed by atoms with Crippen molar-refractivity contribution < 1.29 is 9.59 Å². The molecule has 4 nitrogen and oxygen atoms in total. The molecule has 0 radical (unpaired) electrons. The number of hydrogen-bond donors (Lipinski definition) is 0. The topological polar surface area (TPSA) is 40.6 Å². The summed E-state index contributed by atoms with van der Waals surface area (Å²) < 4.78 is 0. The predicted molar refractivity (Wildman–Crippen MR) is 98.9 cm³/mol. The van der Waals surface area contributed by atoms with Crippen molar-refractivity contribution in [2.75, 3.05) is 26.2 Å². The van der Waals surface area contributed by atoms with Crippen molar-refractivity contribution in [3.8, 4) is 0 Å². The first-order valence-corrected chi connectivity index (χ1v) is 8.68. The van der Waals surface area contributed by atoms with E-state index in [0.29, 0.717) is 31.7 Å². The van der Waals surface area contributed by atoms with Crippen molar-refractivity contribution in [3.63, 3.8) is 0 Å². The second-order valence-electron chi connectivity index (χ2n) is 6.75. The Hall–Kier alpha value is -2.62. The molecule has 25 heavy (non-hydrogen) atoms. The van der Waals surface area contributed by atoms with E-state index in [4.69, 9.17) is 0 Å². The zero-order chi connectivity index (χ0) is 18.0. The Morgan fingerprint density at radius 1 is 0.720 bits per heavy atom. The van der Waals surface area contributed by atoms with E-state index in [1.165, 1.54) is 5.56 Å². The van der Waals surface area contributed by atoms with Crippen molar-refractivity contribution in [1.82, 2.24) is 9.80 Å². The van der Waals surface area contributed by atoms with E-state index in [2.05, 4.69) is 0 Å². The second-order valence-corrected chi connectivity index (χ2v) is 6.75. The Morgan fingerprint density at radius 2 is 1.28 bits per heavy atom. The van der Waals surface area contributed by atoms with Gasteiger partial charge in [-0.3, -0.25) is 9.59 Å². The Morgan fingerprint density at radius 3 is 1.80 bits per heavy atom. The lowest BCUT2D eigenvalue weighted by Crippen LogP contribution is -2.50. The summed E-state index contributed by atoms with van der Waals surface area (Å²) in [5.74, 6) is 0.0905. The maximum absolute atomic E-state index is 12.7. The van der Waals surface area contributed by atoms with E-state index in [0.717, 1.165) is 16.7 Å². The molecule has 2 amide bonds. The van der Waals surface area contributed by atoms with Crippen LogP contribution < -0.4 is 0 Å². The minimum absolute atomic E-state index is 0.0435. The van der Waals surface area contributed by atoms with Crippen molar-refractivity contribution in [2.24, 2.45) is 0 Å². The normalized spacial score (nSPS) is 14.5. The molecule has 1 saturated heterocycles. The molecule has 1 fully saturated rings. The fraction of sp³-hybridized carbons (Fsp3) is 0.333. The van der Waals surface area contributed by atoms with Crippen LogP contribution in [-0.2, 0) is 0 Å². The van der Waals surface area contributed by atoms with E-state index in [1.54, 1.807) is 0 Å². The van der Waals surface area contributed by atoms with Crippen LogP contribution >= 0.6 is 0 Å². The summed E-state index contributed by atoms with van der Waals surface area (Å²) in [6, 6.07) is 13.5. The minimum atomic E-state index is 0.0435. The van der Waals surface area contributed by atoms with Gasteiger partial charge in [0.2, 0.25) is 0 Å². The first-order chi connectivity index (χ1) is 12.0. The molecule has 0 aromatic heterocycles. The second kappa shape index (κ2) is 7.09. The molecule has 0 spiro atoms. The molecule has 2 aromatic carbocycles. The molecule has 1 heterocycles. The monoisotopic (exact) mass is 336 g/mol. The summed E-state index contributed by atoms with van der Waals surface area (Å²) in [5.41, 5.74) is 4.83. The molecule has 2 aromatic rings. The summed E-state index contributed by atoms with van der Waals surface area (Å²) in [6.07, 6.45) is 0. The molecule has 0 bridgehead atoms. The van der Waals surface area contributed by atoms with Gasteiger partial charge in [0.1, 0.15) is 0 Å². The highest BCUT2D eigenvalue weighted by Gasteiger charge is 2.25. The number of hydrogen-bond acceptors (Lipinski definition) is 2. The Labute approximate surface area is 149 Å². The fourth-order valence-electron chi connectivity index (χ4n) is 3.13. The van der Waals surface area contributed by atoms with E-state index < -0.39 is 0 Å². The van der Waals surface area contributed by atoms with Gasteiger partial charge in [0.15, 0.2) is 0 Å². The smallest absolute Gasteiger partial charge is 0.253 e. The SMILES string of the molecule is Cc1cccc(C(=O)N2CCN(C(=O)c3ccc(C)c(C)c3)CC2)c1. The van der Waals surface area contributed by atoms with Gasteiger partial charge >= 0.3 is 0 Å². The summed E-state index contributed by atoms with van der Waals surface area (Å²) in [5, 5.41) is 0. The number of rotatable bonds is 2. The van der Waals surface area contributed by atoms with E-state index >= 15 is 0 Å². The van der Waals surface area contributed by atoms with Gasteiger partial charge in [0.05, 0.1) is 0 Å². The molecule has 0 atom stereocenters. The van der Waals surface area contributed by atoms with Gasteiger partial charge in [-0.1, -0.05) is 23.8 Å². The maximum atomic E-state index is 12.7. The van der Waals surface area contributed by atoms with Gasteiger partial charge in [-0.2, -0.15) is 0 Å². The number of carbonyl (C=O) groups is 2. The van der Waals surface area contributed by atoms with Gasteiger partial charge < -0.3 is 9.80 Å². The molecule has 0 aliphatic carbocycles. The average Bonchev–Trinajstić information content (AvgIpc) is 2.63. The van der Waals surface area contributed by atoms with Crippen LogP contribution in [-0.4, -0.2) is 47.8 Å². The first kappa shape index (κ1) is 17.2. The van der Waals surface area contributed by atoms with Gasteiger partial charge in [0, 0.05) is 37.3 Å². The molecule has 0 N–H and O–H groups in total. The molecule has 130 valence electrons. The van der Waals surface area contributed by atoms with Gasteiger partial charge in [-0.25, -0.2) is 0 Å². The third kappa shape index (κ3) is 3.73. The van der Waals surface area contributed by atoms with E-state index in [1.807, 2.05) is 73.0 Å². The van der Waals surface area contributed by atoms with Crippen LogP contribution in [0.4, 0.5) is 0 Å². The molecule has 1 aliphatic rings. The lowest BCUT2D eigenvalue weighted by molar-refractivity contribution is 0.0535. The number of piperazine rings is 1. The molecule has 0 unspecified atom stereocenters. The number of amides is 2. The van der Waals surface area contributed by atoms with Crippen molar-refractivity contribution >= 4 is 11.8 Å². The minimum Gasteiger partial charge on any atom is -0.335 e. The number of nitrogens with zero attached hydrogens (tertiary/aromatic N) is 2. The first-order valence-electron chi connectivity index (χ1n) is 8.68. The van der Waals surface area contributed by atoms with Gasteiger partial charge in [-0.05, 0) is 56.2 Å². The highest BCUT2D eigenvalue weighted by Crippen LogP contribution is 2.15. The molecule has 1 aliphatic heterocycles. The summed E-state index contributed by atoms with van der Waals surface area (Å²) in [7, 11) is 0. The quantitative estimate of drug-likeness (QED) is 0.845. The third-order valence-electron chi connectivity index (χ3n) is 4.87. The fourth-order valence-corrected chi connectivity index (χ4v) is 3.13. The summed E-state index contributed by atoms with van der Waals surface area (Å²) in [6.45, 7) is 8.33. The molecule has 0 saturated carbocycles. The van der Waals surface area contributed by atoms with Crippen LogP contribution in [0.1, 0.15) is 37.4 Å². The van der Waals surface area contributed by atoms with Crippen LogP contribution in [0.25, 0.3) is 0 Å². The standard InChI is InChI=1S/C21H24N2O2/c1-15-5-4-6-18(13-15)20(24)22-9-11-23(12-10-22)21(25)19-8-7-16(2)17(3)14-19/h4-8,13-14H,9-12H2,1-3H3. The lowest BCUT2D eigenvalue weighted by Gasteiger charge is -2.35. The Balaban J connectivity index is 1.64. The lowest BCUT2D eigenvalue weighted by atomic mass is 10.1. The van der Waals surface area contributed by atoms with Crippen LogP contribution in [0.15, 0.2) is 42.5 Å². The summed E-state index contributed by atoms with van der Waals surface area (Å²) in [4.78, 5) is 28.9. The highest BCUT2D eigenvalue weighted by molar-refractivity contribution is 5.96. The van der Waals surface area contributed by atoms with Crippen LogP contribution in [0.5, 0.6) is 0 Å². The van der Waals surface area contributed by atoms with E-state index in [-0.39, 0.29) is 11.8 Å². The summed E-state index contributed by atoms with van der Waals surface area (Å²) >= 11 is 0. The predicted octanol–water partition coefficient (Wildman–Crippen LogP) is 3.21. The zero-order valence-corrected chi connectivity index (χ0v) is 15.1. The third-order valence-corrected chi connectivity index (χ3v) is 4.87. The molecular weight excluding hydrogens is 312 g/mol. The van der Waals surface area contributed by atoms with Crippen LogP contribution in [0.2, 0.25) is 0 Å². The van der Waals surface area contributed by atoms with E-state index in [9.17, 15) is 9.59 Å².